The quantitative estimate of drug-likeness (QED) is 0.444. The predicted molar refractivity (Wildman–Crippen MR) is 77.9 cm³/mol. The number of ether oxygens (including phenoxy) is 2. The Kier molecular flexibility index (Phi) is 5.05. The molecule has 0 aliphatic carbocycles. The molecular formula is C17H13F3O3. The summed E-state index contributed by atoms with van der Waals surface area (Å²) in [6, 6.07) is 12.6. The molecule has 0 saturated heterocycles. The second-order valence-corrected chi connectivity index (χ2v) is 4.56. The minimum Gasteiger partial charge on any atom is -0.422 e. The second-order valence-electron chi connectivity index (χ2n) is 4.56. The molecule has 0 fully saturated rings. The molecular weight excluding hydrogens is 309 g/mol. The lowest BCUT2D eigenvalue weighted by molar-refractivity contribution is -0.137. The van der Waals surface area contributed by atoms with Crippen LogP contribution in [-0.2, 0) is 10.9 Å². The Morgan fingerprint density at radius 2 is 1.65 bits per heavy atom. The third-order valence-corrected chi connectivity index (χ3v) is 2.95. The van der Waals surface area contributed by atoms with Crippen molar-refractivity contribution in [3.05, 3.63) is 78.4 Å². The first-order valence-corrected chi connectivity index (χ1v) is 6.63. The molecule has 0 aliphatic rings. The van der Waals surface area contributed by atoms with Crippen LogP contribution >= 0.6 is 0 Å². The van der Waals surface area contributed by atoms with E-state index in [1.807, 2.05) is 6.07 Å². The van der Waals surface area contributed by atoms with E-state index in [4.69, 9.17) is 9.47 Å². The van der Waals surface area contributed by atoms with E-state index in [-0.39, 0.29) is 5.75 Å². The summed E-state index contributed by atoms with van der Waals surface area (Å²) in [6.07, 6.45) is -4.76. The monoisotopic (exact) mass is 322 g/mol. The second kappa shape index (κ2) is 7.00. The van der Waals surface area contributed by atoms with Crippen molar-refractivity contribution in [2.75, 3.05) is 0 Å². The molecule has 2 rings (SSSR count). The Hall–Kier alpha value is -2.76. The van der Waals surface area contributed by atoms with Crippen molar-refractivity contribution in [2.24, 2.45) is 0 Å². The van der Waals surface area contributed by atoms with Gasteiger partial charge in [-0.25, -0.2) is 4.79 Å². The number of alkyl halides is 3. The molecule has 23 heavy (non-hydrogen) atoms. The van der Waals surface area contributed by atoms with Crippen molar-refractivity contribution < 1.29 is 27.4 Å². The average Bonchev–Trinajstić information content (AvgIpc) is 2.53. The lowest BCUT2D eigenvalue weighted by atomic mass is 10.1. The van der Waals surface area contributed by atoms with E-state index in [2.05, 4.69) is 6.58 Å². The van der Waals surface area contributed by atoms with Crippen LogP contribution in [0.3, 0.4) is 0 Å². The summed E-state index contributed by atoms with van der Waals surface area (Å²) >= 11 is 0. The first-order chi connectivity index (χ1) is 10.9. The zero-order valence-electron chi connectivity index (χ0n) is 11.9. The molecule has 3 nitrogen and oxygen atoms in total. The van der Waals surface area contributed by atoms with Gasteiger partial charge >= 0.3 is 12.3 Å². The summed E-state index contributed by atoms with van der Waals surface area (Å²) in [6.45, 7) is 3.58. The van der Waals surface area contributed by atoms with E-state index in [0.717, 1.165) is 24.3 Å². The standard InChI is InChI=1S/C17H13F3O3/c1-2-15(12-6-4-3-5-7-12)23-16(21)22-14-10-8-13(9-11-14)17(18,19)20/h2-11,15H,1H2/t15-/m1/s1. The van der Waals surface area contributed by atoms with E-state index in [9.17, 15) is 18.0 Å². The summed E-state index contributed by atoms with van der Waals surface area (Å²) in [5.74, 6) is -0.0427. The first kappa shape index (κ1) is 16.6. The summed E-state index contributed by atoms with van der Waals surface area (Å²) < 4.78 is 47.3. The highest BCUT2D eigenvalue weighted by Crippen LogP contribution is 2.30. The van der Waals surface area contributed by atoms with Gasteiger partial charge in [-0.1, -0.05) is 36.9 Å². The van der Waals surface area contributed by atoms with Gasteiger partial charge in [-0.05, 0) is 35.9 Å². The van der Waals surface area contributed by atoms with Crippen LogP contribution in [0.2, 0.25) is 0 Å². The normalized spacial score (nSPS) is 12.3. The van der Waals surface area contributed by atoms with Gasteiger partial charge in [-0.15, -0.1) is 0 Å². The Morgan fingerprint density at radius 1 is 1.04 bits per heavy atom. The molecule has 0 heterocycles. The molecule has 0 bridgehead atoms. The fraction of sp³-hybridized carbons (Fsp3) is 0.118. The molecule has 0 unspecified atom stereocenters. The van der Waals surface area contributed by atoms with Crippen molar-refractivity contribution in [3.63, 3.8) is 0 Å². The highest BCUT2D eigenvalue weighted by atomic mass is 19.4. The molecule has 1 atom stereocenters. The number of hydrogen-bond acceptors (Lipinski definition) is 3. The van der Waals surface area contributed by atoms with Crippen LogP contribution in [0.5, 0.6) is 5.75 Å². The van der Waals surface area contributed by atoms with E-state index in [1.54, 1.807) is 24.3 Å². The van der Waals surface area contributed by atoms with Gasteiger partial charge in [0.1, 0.15) is 11.9 Å². The number of carbonyl (C=O) groups is 1. The van der Waals surface area contributed by atoms with Gasteiger partial charge in [0.15, 0.2) is 0 Å². The molecule has 6 heteroatoms. The van der Waals surface area contributed by atoms with Gasteiger partial charge in [0, 0.05) is 0 Å². The Bertz CT molecular complexity index is 664. The number of carbonyl (C=O) groups excluding carboxylic acids is 1. The number of benzene rings is 2. The van der Waals surface area contributed by atoms with E-state index >= 15 is 0 Å². The lowest BCUT2D eigenvalue weighted by Crippen LogP contribution is -2.14. The molecule has 0 amide bonds. The number of rotatable bonds is 4. The van der Waals surface area contributed by atoms with E-state index in [0.29, 0.717) is 5.56 Å². The van der Waals surface area contributed by atoms with Gasteiger partial charge in [-0.2, -0.15) is 13.2 Å². The van der Waals surface area contributed by atoms with Crippen molar-refractivity contribution >= 4 is 6.16 Å². The van der Waals surface area contributed by atoms with Crippen molar-refractivity contribution in [2.45, 2.75) is 12.3 Å². The van der Waals surface area contributed by atoms with Gasteiger partial charge in [0.05, 0.1) is 5.56 Å². The highest BCUT2D eigenvalue weighted by molar-refractivity contribution is 5.64. The molecule has 2 aromatic rings. The summed E-state index contributed by atoms with van der Waals surface area (Å²) in [5, 5.41) is 0. The average molecular weight is 322 g/mol. The van der Waals surface area contributed by atoms with Crippen molar-refractivity contribution in [1.29, 1.82) is 0 Å². The molecule has 0 N–H and O–H groups in total. The van der Waals surface area contributed by atoms with E-state index in [1.165, 1.54) is 6.08 Å². The van der Waals surface area contributed by atoms with Crippen molar-refractivity contribution in [1.82, 2.24) is 0 Å². The molecule has 0 spiro atoms. The Morgan fingerprint density at radius 3 is 2.17 bits per heavy atom. The Labute approximate surface area is 131 Å². The fourth-order valence-corrected chi connectivity index (χ4v) is 1.83. The third kappa shape index (κ3) is 4.60. The molecule has 0 radical (unpaired) electrons. The maximum absolute atomic E-state index is 12.4. The van der Waals surface area contributed by atoms with E-state index < -0.39 is 24.0 Å². The van der Waals surface area contributed by atoms with Crippen LogP contribution in [0.25, 0.3) is 0 Å². The maximum atomic E-state index is 12.4. The first-order valence-electron chi connectivity index (χ1n) is 6.63. The van der Waals surface area contributed by atoms with Crippen LogP contribution in [-0.4, -0.2) is 6.16 Å². The minimum atomic E-state index is -4.44. The van der Waals surface area contributed by atoms with Crippen LogP contribution < -0.4 is 4.74 Å². The lowest BCUT2D eigenvalue weighted by Gasteiger charge is -2.14. The summed E-state index contributed by atoms with van der Waals surface area (Å²) in [5.41, 5.74) is -0.127. The topological polar surface area (TPSA) is 35.5 Å². The zero-order valence-corrected chi connectivity index (χ0v) is 11.9. The fourth-order valence-electron chi connectivity index (χ4n) is 1.83. The number of hydrogen-bond donors (Lipinski definition) is 0. The predicted octanol–water partition coefficient (Wildman–Crippen LogP) is 5.15. The van der Waals surface area contributed by atoms with Crippen LogP contribution in [0, 0.1) is 0 Å². The summed E-state index contributed by atoms with van der Waals surface area (Å²) in [4.78, 5) is 11.7. The smallest absolute Gasteiger partial charge is 0.422 e. The molecule has 0 aromatic heterocycles. The zero-order chi connectivity index (χ0) is 16.9. The van der Waals surface area contributed by atoms with Gasteiger partial charge in [0.25, 0.3) is 0 Å². The maximum Gasteiger partial charge on any atom is 0.514 e. The number of halogens is 3. The van der Waals surface area contributed by atoms with Gasteiger partial charge in [0.2, 0.25) is 0 Å². The molecule has 120 valence electrons. The third-order valence-electron chi connectivity index (χ3n) is 2.95. The molecule has 0 aliphatic heterocycles. The van der Waals surface area contributed by atoms with Crippen molar-refractivity contribution in [3.8, 4) is 5.75 Å². The summed E-state index contributed by atoms with van der Waals surface area (Å²) in [7, 11) is 0. The molecule has 0 saturated carbocycles. The van der Waals surface area contributed by atoms with Crippen LogP contribution in [0.4, 0.5) is 18.0 Å². The minimum absolute atomic E-state index is 0.0427. The largest absolute Gasteiger partial charge is 0.514 e. The SMILES string of the molecule is C=C[C@@H](OC(=O)Oc1ccc(C(F)(F)F)cc1)c1ccccc1. The van der Waals surface area contributed by atoms with Gasteiger partial charge in [-0.3, -0.25) is 0 Å². The van der Waals surface area contributed by atoms with Gasteiger partial charge < -0.3 is 9.47 Å². The van der Waals surface area contributed by atoms with Crippen LogP contribution in [0.1, 0.15) is 17.2 Å². The van der Waals surface area contributed by atoms with Crippen LogP contribution in [0.15, 0.2) is 67.3 Å². The Balaban J connectivity index is 2.00. The highest BCUT2D eigenvalue weighted by Gasteiger charge is 2.30. The molecule has 2 aromatic carbocycles.